The molecule has 11 atom stereocenters. The third-order valence-corrected chi connectivity index (χ3v) is 13.7. The van der Waals surface area contributed by atoms with E-state index in [-0.39, 0.29) is 70.2 Å². The van der Waals surface area contributed by atoms with E-state index in [2.05, 4.69) is 25.2 Å². The molecule has 266 valence electrons. The number of para-hydroxylation sites is 1. The predicted molar refractivity (Wildman–Crippen MR) is 183 cm³/mol. The Morgan fingerprint density at radius 3 is 2.39 bits per heavy atom. The minimum atomic E-state index is -4.22. The average molecular weight is 696 g/mol. The molecule has 4 fully saturated rings. The summed E-state index contributed by atoms with van der Waals surface area (Å²) in [6.45, 7) is 6.61. The molecule has 0 aromatic heterocycles. The summed E-state index contributed by atoms with van der Waals surface area (Å²) in [7, 11) is -4.22. The maximum absolute atomic E-state index is 12.8. The average Bonchev–Trinajstić information content (AvgIpc) is 3.43. The van der Waals surface area contributed by atoms with Gasteiger partial charge in [0, 0.05) is 6.42 Å². The van der Waals surface area contributed by atoms with Crippen LogP contribution in [-0.2, 0) is 19.8 Å². The van der Waals surface area contributed by atoms with Gasteiger partial charge in [-0.3, -0.25) is 4.79 Å². The lowest BCUT2D eigenvalue weighted by atomic mass is 9.43. The quantitative estimate of drug-likeness (QED) is 0.175. The number of nitrogens with zero attached hydrogens (tertiary/aromatic N) is 1. The molecule has 0 spiro atoms. The first-order valence-corrected chi connectivity index (χ1v) is 19.0. The fourth-order valence-electron chi connectivity index (χ4n) is 10.3. The Hall–Kier alpha value is -3.12. The van der Waals surface area contributed by atoms with Crippen molar-refractivity contribution in [2.24, 2.45) is 50.7 Å². The summed E-state index contributed by atoms with van der Waals surface area (Å²) in [6, 6.07) is 13.8. The van der Waals surface area contributed by atoms with E-state index in [0.29, 0.717) is 24.8 Å². The van der Waals surface area contributed by atoms with Gasteiger partial charge >= 0.3 is 22.2 Å². The number of carbonyl (C=O) groups is 2. The molecular weight excluding hydrogens is 646 g/mol. The van der Waals surface area contributed by atoms with Crippen molar-refractivity contribution in [3.05, 3.63) is 65.7 Å². The molecule has 49 heavy (non-hydrogen) atoms. The van der Waals surface area contributed by atoms with E-state index in [9.17, 15) is 33.3 Å². The SMILES string of the molecule is CC(CCC(=O)OC(=O)c1ccc(/C=N/S(=O)(=O)Oc2ccccc2)cc1)C1CCC2C3C(O)CC4CC(O)CCC4(C)C3CC(O)C12C. The summed E-state index contributed by atoms with van der Waals surface area (Å²) in [5.74, 6) is -0.229. The Bertz CT molecular complexity index is 1650. The molecule has 11 unspecified atom stereocenters. The molecule has 10 nitrogen and oxygen atoms in total. The van der Waals surface area contributed by atoms with Gasteiger partial charge in [0.1, 0.15) is 5.75 Å². The second-order valence-corrected chi connectivity index (χ2v) is 16.7. The van der Waals surface area contributed by atoms with Crippen molar-refractivity contribution >= 4 is 28.5 Å². The molecule has 0 saturated heterocycles. The number of aliphatic hydroxyl groups is 3. The molecule has 6 rings (SSSR count). The number of carbonyl (C=O) groups excluding carboxylic acids is 2. The maximum Gasteiger partial charge on any atom is 0.428 e. The molecule has 0 bridgehead atoms. The smallest absolute Gasteiger partial charge is 0.393 e. The number of fused-ring (bicyclic) bond motifs is 5. The third-order valence-electron chi connectivity index (χ3n) is 13.0. The van der Waals surface area contributed by atoms with Crippen molar-refractivity contribution in [2.75, 3.05) is 0 Å². The van der Waals surface area contributed by atoms with Crippen molar-refractivity contribution < 1.29 is 42.2 Å². The lowest BCUT2D eigenvalue weighted by Crippen LogP contribution is -2.62. The minimum Gasteiger partial charge on any atom is -0.393 e. The molecule has 11 heteroatoms. The van der Waals surface area contributed by atoms with Crippen molar-refractivity contribution in [3.63, 3.8) is 0 Å². The number of hydrogen-bond acceptors (Lipinski definition) is 9. The monoisotopic (exact) mass is 695 g/mol. The molecule has 0 aliphatic heterocycles. The van der Waals surface area contributed by atoms with E-state index in [4.69, 9.17) is 8.92 Å². The maximum atomic E-state index is 12.8. The normalized spacial score (nSPS) is 36.3. The van der Waals surface area contributed by atoms with E-state index in [1.165, 1.54) is 36.4 Å². The number of hydrogen-bond donors (Lipinski definition) is 3. The lowest BCUT2D eigenvalue weighted by molar-refractivity contribution is -0.207. The van der Waals surface area contributed by atoms with Crippen LogP contribution >= 0.6 is 0 Å². The van der Waals surface area contributed by atoms with Gasteiger partial charge in [-0.05, 0) is 128 Å². The Balaban J connectivity index is 1.02. The molecule has 4 aliphatic carbocycles. The highest BCUT2D eigenvalue weighted by Gasteiger charge is 2.65. The van der Waals surface area contributed by atoms with Gasteiger partial charge in [0.2, 0.25) is 0 Å². The second-order valence-electron chi connectivity index (χ2n) is 15.5. The minimum absolute atomic E-state index is 0.0114. The van der Waals surface area contributed by atoms with Crippen LogP contribution in [-0.4, -0.2) is 60.2 Å². The zero-order valence-electron chi connectivity index (χ0n) is 28.5. The zero-order chi connectivity index (χ0) is 35.1. The Labute approximate surface area is 289 Å². The van der Waals surface area contributed by atoms with Gasteiger partial charge in [0.15, 0.2) is 0 Å². The summed E-state index contributed by atoms with van der Waals surface area (Å²) < 4.78 is 37.9. The van der Waals surface area contributed by atoms with E-state index in [1.54, 1.807) is 18.2 Å². The standard InChI is InChI=1S/C38H49NO9S/c1-23(29-14-15-30-35-31(21-33(42)38(29,30)3)37(2)18-17-27(40)19-26(37)20-32(35)41)9-16-34(43)47-36(44)25-12-10-24(11-13-25)22-39-49(45,46)48-28-7-5-4-6-8-28/h4-8,10-13,22-23,26-27,29-33,35,40-42H,9,14-21H2,1-3H3/b39-22+. The molecular formula is C38H49NO9S. The highest BCUT2D eigenvalue weighted by atomic mass is 32.2. The zero-order valence-corrected chi connectivity index (χ0v) is 29.3. The molecule has 4 saturated carbocycles. The molecule has 0 heterocycles. The van der Waals surface area contributed by atoms with Crippen molar-refractivity contribution in [2.45, 2.75) is 96.9 Å². The summed E-state index contributed by atoms with van der Waals surface area (Å²) >= 11 is 0. The van der Waals surface area contributed by atoms with Gasteiger partial charge < -0.3 is 24.2 Å². The number of ether oxygens (including phenoxy) is 1. The van der Waals surface area contributed by atoms with Gasteiger partial charge in [0.25, 0.3) is 0 Å². The van der Waals surface area contributed by atoms with Crippen molar-refractivity contribution in [1.82, 2.24) is 0 Å². The van der Waals surface area contributed by atoms with Crippen LogP contribution in [0.15, 0.2) is 59.0 Å². The summed E-state index contributed by atoms with van der Waals surface area (Å²) in [5, 5.41) is 33.7. The molecule has 2 aromatic rings. The van der Waals surface area contributed by atoms with Crippen LogP contribution in [0.25, 0.3) is 0 Å². The van der Waals surface area contributed by atoms with Gasteiger partial charge in [-0.2, -0.15) is 8.42 Å². The van der Waals surface area contributed by atoms with Crippen molar-refractivity contribution in [3.8, 4) is 5.75 Å². The lowest BCUT2D eigenvalue weighted by Gasteiger charge is -2.63. The summed E-state index contributed by atoms with van der Waals surface area (Å²) in [5.41, 5.74) is 0.180. The molecule has 0 radical (unpaired) electrons. The fourth-order valence-corrected chi connectivity index (χ4v) is 11.0. The van der Waals surface area contributed by atoms with E-state index in [0.717, 1.165) is 38.3 Å². The van der Waals surface area contributed by atoms with E-state index < -0.39 is 34.5 Å². The van der Waals surface area contributed by atoms with Gasteiger partial charge in [0.05, 0.1) is 30.1 Å². The first-order valence-electron chi connectivity index (χ1n) is 17.7. The molecule has 4 aliphatic rings. The van der Waals surface area contributed by atoms with Gasteiger partial charge in [-0.1, -0.05) is 51.1 Å². The third kappa shape index (κ3) is 7.09. The largest absolute Gasteiger partial charge is 0.428 e. The van der Waals surface area contributed by atoms with Gasteiger partial charge in [-0.25, -0.2) is 4.79 Å². The first kappa shape index (κ1) is 35.7. The van der Waals surface area contributed by atoms with Crippen LogP contribution in [0.3, 0.4) is 0 Å². The fraction of sp³-hybridized carbons (Fsp3) is 0.605. The highest BCUT2D eigenvalue weighted by molar-refractivity contribution is 7.85. The Kier molecular flexibility index (Phi) is 10.1. The number of esters is 2. The topological polar surface area (TPSA) is 160 Å². The number of rotatable bonds is 9. The van der Waals surface area contributed by atoms with Crippen molar-refractivity contribution in [1.29, 1.82) is 0 Å². The first-order chi connectivity index (χ1) is 23.2. The van der Waals surface area contributed by atoms with Crippen LogP contribution in [0, 0.1) is 46.3 Å². The Morgan fingerprint density at radius 1 is 0.959 bits per heavy atom. The second kappa shape index (κ2) is 13.9. The van der Waals surface area contributed by atoms with Crippen LogP contribution in [0.5, 0.6) is 5.75 Å². The van der Waals surface area contributed by atoms with Crippen LogP contribution in [0.2, 0.25) is 0 Å². The van der Waals surface area contributed by atoms with E-state index in [1.807, 2.05) is 0 Å². The van der Waals surface area contributed by atoms with Crippen LogP contribution < -0.4 is 4.18 Å². The van der Waals surface area contributed by atoms with Crippen LogP contribution in [0.1, 0.15) is 94.5 Å². The summed E-state index contributed by atoms with van der Waals surface area (Å²) in [6.07, 6.45) is 6.04. The Morgan fingerprint density at radius 2 is 1.67 bits per heavy atom. The van der Waals surface area contributed by atoms with Gasteiger partial charge in [-0.15, -0.1) is 4.40 Å². The molecule has 3 N–H and O–H groups in total. The highest BCUT2D eigenvalue weighted by Crippen LogP contribution is 2.68. The summed E-state index contributed by atoms with van der Waals surface area (Å²) in [4.78, 5) is 25.5. The molecule has 2 aromatic carbocycles. The predicted octanol–water partition coefficient (Wildman–Crippen LogP) is 5.49. The number of aliphatic hydroxyl groups excluding tert-OH is 3. The molecule has 0 amide bonds. The van der Waals surface area contributed by atoms with Crippen LogP contribution in [0.4, 0.5) is 0 Å². The van der Waals surface area contributed by atoms with E-state index >= 15 is 0 Å². The number of benzene rings is 2.